The summed E-state index contributed by atoms with van der Waals surface area (Å²) in [6.07, 6.45) is 2.82. The topological polar surface area (TPSA) is 3.24 Å². The molecule has 0 saturated carbocycles. The molecular formula is C8H18BN. The van der Waals surface area contributed by atoms with Crippen LogP contribution in [-0.4, -0.2) is 25.9 Å². The third kappa shape index (κ3) is 2.01. The van der Waals surface area contributed by atoms with Crippen molar-refractivity contribution in [3.8, 4) is 0 Å². The molecule has 0 aliphatic carbocycles. The largest absolute Gasteiger partial charge is 0.349 e. The van der Waals surface area contributed by atoms with Crippen LogP contribution in [0.2, 0.25) is 0 Å². The van der Waals surface area contributed by atoms with Gasteiger partial charge in [0.2, 0.25) is 0 Å². The monoisotopic (exact) mass is 139 g/mol. The van der Waals surface area contributed by atoms with Crippen molar-refractivity contribution < 1.29 is 0 Å². The molecule has 0 amide bonds. The van der Waals surface area contributed by atoms with Gasteiger partial charge in [-0.1, -0.05) is 13.8 Å². The van der Waals surface area contributed by atoms with E-state index >= 15 is 0 Å². The van der Waals surface area contributed by atoms with Crippen LogP contribution in [0.4, 0.5) is 0 Å². The summed E-state index contributed by atoms with van der Waals surface area (Å²) in [5.74, 6) is 1.89. The molecule has 1 heterocycles. The lowest BCUT2D eigenvalue weighted by Gasteiger charge is -2.31. The first kappa shape index (κ1) is 8.12. The molecule has 1 nitrogen and oxygen atoms in total. The van der Waals surface area contributed by atoms with Crippen molar-refractivity contribution in [2.24, 2.45) is 11.8 Å². The standard InChI is InChI=1S/C8H18BN/c1-7(2)8-3-5-10(9)6-4-8/h7-8H,3-6,9H2,1-2H3. The van der Waals surface area contributed by atoms with Crippen molar-refractivity contribution >= 4 is 7.98 Å². The Morgan fingerprint density at radius 2 is 1.80 bits per heavy atom. The molecule has 0 unspecified atom stereocenters. The second kappa shape index (κ2) is 3.43. The lowest BCUT2D eigenvalue weighted by molar-refractivity contribution is 0.231. The van der Waals surface area contributed by atoms with Gasteiger partial charge >= 0.3 is 0 Å². The summed E-state index contributed by atoms with van der Waals surface area (Å²) >= 11 is 0. The van der Waals surface area contributed by atoms with Crippen molar-refractivity contribution in [2.45, 2.75) is 26.7 Å². The van der Waals surface area contributed by atoms with E-state index < -0.39 is 0 Å². The highest BCUT2D eigenvalue weighted by molar-refractivity contribution is 6.04. The fourth-order valence-corrected chi connectivity index (χ4v) is 1.70. The summed E-state index contributed by atoms with van der Waals surface area (Å²) in [6.45, 7) is 7.30. The third-order valence-electron chi connectivity index (χ3n) is 2.71. The maximum atomic E-state index is 2.43. The molecule has 58 valence electrons. The SMILES string of the molecule is BN1CCC(C(C)C)CC1. The number of rotatable bonds is 1. The van der Waals surface area contributed by atoms with E-state index in [2.05, 4.69) is 26.6 Å². The minimum atomic E-state index is 0.897. The fraction of sp³-hybridized carbons (Fsp3) is 1.00. The normalized spacial score (nSPS) is 23.9. The molecule has 0 spiro atoms. The van der Waals surface area contributed by atoms with E-state index in [1.54, 1.807) is 0 Å². The summed E-state index contributed by atoms with van der Waals surface area (Å²) in [7, 11) is 2.22. The van der Waals surface area contributed by atoms with E-state index in [0.717, 1.165) is 11.8 Å². The smallest absolute Gasteiger partial charge is 0.185 e. The van der Waals surface area contributed by atoms with Gasteiger partial charge in [-0.2, -0.15) is 0 Å². The molecule has 0 aromatic carbocycles. The first-order valence-corrected chi connectivity index (χ1v) is 4.38. The molecule has 2 heteroatoms. The fourth-order valence-electron chi connectivity index (χ4n) is 1.70. The molecule has 1 rings (SSSR count). The van der Waals surface area contributed by atoms with Crippen molar-refractivity contribution in [3.05, 3.63) is 0 Å². The van der Waals surface area contributed by atoms with Gasteiger partial charge in [-0.05, 0) is 37.8 Å². The molecule has 1 aliphatic rings. The first-order valence-electron chi connectivity index (χ1n) is 4.38. The minimum Gasteiger partial charge on any atom is -0.349 e. The highest BCUT2D eigenvalue weighted by Gasteiger charge is 2.18. The molecule has 10 heavy (non-hydrogen) atoms. The molecule has 1 saturated heterocycles. The first-order chi connectivity index (χ1) is 4.70. The second-order valence-corrected chi connectivity index (χ2v) is 3.88. The second-order valence-electron chi connectivity index (χ2n) is 3.88. The summed E-state index contributed by atoms with van der Waals surface area (Å²) in [5.41, 5.74) is 0. The number of hydrogen-bond donors (Lipinski definition) is 0. The lowest BCUT2D eigenvalue weighted by Crippen LogP contribution is -2.33. The number of hydrogen-bond acceptors (Lipinski definition) is 1. The zero-order valence-electron chi connectivity index (χ0n) is 7.43. The zero-order valence-corrected chi connectivity index (χ0v) is 7.43. The Kier molecular flexibility index (Phi) is 2.78. The number of nitrogens with zero attached hydrogens (tertiary/aromatic N) is 1. The quantitative estimate of drug-likeness (QED) is 0.488. The Hall–Kier alpha value is 0.0249. The van der Waals surface area contributed by atoms with Gasteiger partial charge in [-0.25, -0.2) is 0 Å². The van der Waals surface area contributed by atoms with Gasteiger partial charge in [-0.3, -0.25) is 0 Å². The van der Waals surface area contributed by atoms with Crippen LogP contribution in [0.25, 0.3) is 0 Å². The molecule has 1 aliphatic heterocycles. The van der Waals surface area contributed by atoms with Crippen molar-refractivity contribution in [3.63, 3.8) is 0 Å². The maximum Gasteiger partial charge on any atom is 0.185 e. The van der Waals surface area contributed by atoms with Gasteiger partial charge in [0.25, 0.3) is 0 Å². The van der Waals surface area contributed by atoms with Gasteiger partial charge in [0, 0.05) is 0 Å². The molecule has 0 radical (unpaired) electrons. The molecular weight excluding hydrogens is 121 g/mol. The average Bonchev–Trinajstić information content (AvgIpc) is 1.88. The van der Waals surface area contributed by atoms with Crippen LogP contribution in [0.15, 0.2) is 0 Å². The van der Waals surface area contributed by atoms with Gasteiger partial charge in [0.1, 0.15) is 0 Å². The van der Waals surface area contributed by atoms with Gasteiger partial charge in [-0.15, -0.1) is 0 Å². The lowest BCUT2D eigenvalue weighted by atomic mass is 9.86. The van der Waals surface area contributed by atoms with Crippen LogP contribution in [-0.2, 0) is 0 Å². The van der Waals surface area contributed by atoms with E-state index in [-0.39, 0.29) is 0 Å². The van der Waals surface area contributed by atoms with E-state index in [1.807, 2.05) is 0 Å². The van der Waals surface area contributed by atoms with Crippen LogP contribution in [0.3, 0.4) is 0 Å². The predicted molar refractivity (Wildman–Crippen MR) is 47.7 cm³/mol. The maximum absolute atomic E-state index is 2.43. The van der Waals surface area contributed by atoms with Crippen LogP contribution < -0.4 is 0 Å². The Labute approximate surface area is 65.2 Å². The van der Waals surface area contributed by atoms with Crippen LogP contribution >= 0.6 is 0 Å². The molecule has 0 bridgehead atoms. The Balaban J connectivity index is 2.26. The predicted octanol–water partition coefficient (Wildman–Crippen LogP) is 0.902. The average molecular weight is 139 g/mol. The highest BCUT2D eigenvalue weighted by atomic mass is 15.0. The van der Waals surface area contributed by atoms with Crippen LogP contribution in [0.1, 0.15) is 26.7 Å². The Morgan fingerprint density at radius 3 is 2.20 bits per heavy atom. The third-order valence-corrected chi connectivity index (χ3v) is 2.71. The van der Waals surface area contributed by atoms with Crippen LogP contribution in [0.5, 0.6) is 0 Å². The molecule has 0 aromatic heterocycles. The summed E-state index contributed by atoms with van der Waals surface area (Å²) in [6, 6.07) is 0. The summed E-state index contributed by atoms with van der Waals surface area (Å²) in [4.78, 5) is 2.43. The molecule has 0 N–H and O–H groups in total. The van der Waals surface area contributed by atoms with Crippen molar-refractivity contribution in [1.82, 2.24) is 4.81 Å². The summed E-state index contributed by atoms with van der Waals surface area (Å²) in [5, 5.41) is 0. The Morgan fingerprint density at radius 1 is 1.30 bits per heavy atom. The zero-order chi connectivity index (χ0) is 7.56. The number of piperidine rings is 1. The van der Waals surface area contributed by atoms with Crippen molar-refractivity contribution in [2.75, 3.05) is 13.1 Å². The van der Waals surface area contributed by atoms with Crippen LogP contribution in [0, 0.1) is 11.8 Å². The van der Waals surface area contributed by atoms with E-state index in [1.165, 1.54) is 25.9 Å². The molecule has 0 atom stereocenters. The van der Waals surface area contributed by atoms with Gasteiger partial charge in [0.05, 0.1) is 0 Å². The summed E-state index contributed by atoms with van der Waals surface area (Å²) < 4.78 is 0. The van der Waals surface area contributed by atoms with Gasteiger partial charge in [0.15, 0.2) is 7.98 Å². The highest BCUT2D eigenvalue weighted by Crippen LogP contribution is 2.22. The molecule has 0 aromatic rings. The minimum absolute atomic E-state index is 0.897. The van der Waals surface area contributed by atoms with Crippen molar-refractivity contribution in [1.29, 1.82) is 0 Å². The Bertz CT molecular complexity index is 95.4. The molecule has 1 fully saturated rings. The van der Waals surface area contributed by atoms with E-state index in [4.69, 9.17) is 0 Å². The van der Waals surface area contributed by atoms with E-state index in [9.17, 15) is 0 Å². The van der Waals surface area contributed by atoms with Gasteiger partial charge < -0.3 is 4.81 Å². The van der Waals surface area contributed by atoms with E-state index in [0.29, 0.717) is 0 Å².